The molecule has 0 radical (unpaired) electrons. The molecule has 4 rings (SSSR count). The van der Waals surface area contributed by atoms with Gasteiger partial charge < -0.3 is 30.6 Å². The number of halogens is 2. The lowest BCUT2D eigenvalue weighted by Crippen LogP contribution is -2.23. The molecule has 4 aromatic rings. The van der Waals surface area contributed by atoms with Gasteiger partial charge in [0.2, 0.25) is 0 Å². The summed E-state index contributed by atoms with van der Waals surface area (Å²) in [6, 6.07) is 13.1. The summed E-state index contributed by atoms with van der Waals surface area (Å²) >= 11 is 0. The van der Waals surface area contributed by atoms with E-state index >= 15 is 0 Å². The van der Waals surface area contributed by atoms with Crippen molar-refractivity contribution in [3.63, 3.8) is 0 Å². The van der Waals surface area contributed by atoms with E-state index < -0.39 is 63.8 Å². The maximum absolute atomic E-state index is 14.2. The predicted octanol–water partition coefficient (Wildman–Crippen LogP) is 4.73. The minimum Gasteiger partial charge on any atom is -0.507 e. The van der Waals surface area contributed by atoms with Crippen molar-refractivity contribution in [3.8, 4) is 34.5 Å². The van der Waals surface area contributed by atoms with Gasteiger partial charge in [0.1, 0.15) is 23.1 Å². The van der Waals surface area contributed by atoms with Gasteiger partial charge in [0.15, 0.2) is 28.8 Å². The van der Waals surface area contributed by atoms with Gasteiger partial charge in [0.05, 0.1) is 11.8 Å². The lowest BCUT2D eigenvalue weighted by atomic mass is 9.76. The molecule has 0 amide bonds. The van der Waals surface area contributed by atoms with Crippen LogP contribution in [0, 0.1) is 11.6 Å². The first kappa shape index (κ1) is 24.3. The van der Waals surface area contributed by atoms with Gasteiger partial charge in [-0.05, 0) is 47.5 Å². The maximum atomic E-state index is 14.2. The molecule has 0 aliphatic heterocycles. The number of ketones is 1. The predicted molar refractivity (Wildman–Crippen MR) is 124 cm³/mol. The molecule has 0 aliphatic rings. The maximum Gasteiger partial charge on any atom is 0.161 e. The van der Waals surface area contributed by atoms with E-state index in [1.807, 2.05) is 0 Å². The lowest BCUT2D eigenvalue weighted by molar-refractivity contribution is -0.120. The summed E-state index contributed by atoms with van der Waals surface area (Å²) in [6.07, 6.45) is 0. The fourth-order valence-corrected chi connectivity index (χ4v) is 4.10. The molecule has 6 N–H and O–H groups in total. The fraction of sp³-hybridized carbons (Fsp3) is 0.0741. The van der Waals surface area contributed by atoms with Crippen LogP contribution < -0.4 is 0 Å². The Kier molecular flexibility index (Phi) is 6.39. The van der Waals surface area contributed by atoms with E-state index in [1.165, 1.54) is 24.3 Å². The van der Waals surface area contributed by atoms with Crippen LogP contribution in [0.2, 0.25) is 0 Å². The van der Waals surface area contributed by atoms with Crippen molar-refractivity contribution in [2.75, 3.05) is 0 Å². The van der Waals surface area contributed by atoms with Crippen molar-refractivity contribution in [2.24, 2.45) is 0 Å². The summed E-state index contributed by atoms with van der Waals surface area (Å²) in [6.45, 7) is 0. The Morgan fingerprint density at radius 2 is 0.806 bits per heavy atom. The van der Waals surface area contributed by atoms with Crippen LogP contribution in [0.4, 0.5) is 8.78 Å². The summed E-state index contributed by atoms with van der Waals surface area (Å²) in [5.74, 6) is -8.35. The number of rotatable bonds is 6. The number of hydrogen-bond donors (Lipinski definition) is 6. The quantitative estimate of drug-likeness (QED) is 0.168. The van der Waals surface area contributed by atoms with E-state index in [2.05, 4.69) is 0 Å². The third-order valence-electron chi connectivity index (χ3n) is 5.85. The molecule has 0 heterocycles. The first-order chi connectivity index (χ1) is 17.1. The fourth-order valence-electron chi connectivity index (χ4n) is 4.10. The number of aromatic hydroxyl groups is 6. The van der Waals surface area contributed by atoms with Crippen LogP contribution in [0.3, 0.4) is 0 Å². The Hall–Kier alpha value is -4.79. The smallest absolute Gasteiger partial charge is 0.161 e. The summed E-state index contributed by atoms with van der Waals surface area (Å²) in [4.78, 5) is 14.2. The Balaban J connectivity index is 1.98. The molecule has 0 bridgehead atoms. The number of carbonyl (C=O) groups is 1. The molecule has 0 aliphatic carbocycles. The third-order valence-corrected chi connectivity index (χ3v) is 5.85. The largest absolute Gasteiger partial charge is 0.507 e. The molecule has 0 aromatic heterocycles. The minimum absolute atomic E-state index is 0.142. The standard InChI is InChI=1S/C27H20F2O7/c28-15-5-1-13(2-6-15)25(17-9-21(32)23(34)11-19(17)30)27(36)26(14-3-7-16(29)8-4-14)18-10-22(33)24(35)12-20(18)31/h1-12,25-26,30-35H. The average Bonchev–Trinajstić information content (AvgIpc) is 2.83. The molecule has 4 aromatic carbocycles. The summed E-state index contributed by atoms with van der Waals surface area (Å²) in [5.41, 5.74) is 0.0980. The number of hydrogen-bond acceptors (Lipinski definition) is 7. The monoisotopic (exact) mass is 494 g/mol. The van der Waals surface area contributed by atoms with Gasteiger partial charge >= 0.3 is 0 Å². The highest BCUT2D eigenvalue weighted by molar-refractivity contribution is 5.98. The lowest BCUT2D eigenvalue weighted by Gasteiger charge is -2.26. The molecule has 2 unspecified atom stereocenters. The molecule has 0 spiro atoms. The normalized spacial score (nSPS) is 12.7. The zero-order chi connectivity index (χ0) is 26.1. The van der Waals surface area contributed by atoms with E-state index in [9.17, 15) is 44.2 Å². The van der Waals surface area contributed by atoms with Gasteiger partial charge in [-0.15, -0.1) is 0 Å². The van der Waals surface area contributed by atoms with Crippen LogP contribution in [0.15, 0.2) is 72.8 Å². The highest BCUT2D eigenvalue weighted by atomic mass is 19.1. The van der Waals surface area contributed by atoms with Gasteiger partial charge in [-0.2, -0.15) is 0 Å². The summed E-state index contributed by atoms with van der Waals surface area (Å²) in [7, 11) is 0. The molecule has 2 atom stereocenters. The van der Waals surface area contributed by atoms with Gasteiger partial charge in [-0.1, -0.05) is 24.3 Å². The molecule has 9 heteroatoms. The molecular weight excluding hydrogens is 474 g/mol. The number of phenols is 6. The molecule has 0 saturated heterocycles. The Bertz CT molecular complexity index is 1330. The Morgan fingerprint density at radius 1 is 0.500 bits per heavy atom. The molecule has 7 nitrogen and oxygen atoms in total. The van der Waals surface area contributed by atoms with E-state index in [4.69, 9.17) is 0 Å². The van der Waals surface area contributed by atoms with Crippen LogP contribution in [0.5, 0.6) is 34.5 Å². The SMILES string of the molecule is O=C(C(c1ccc(F)cc1)c1cc(O)c(O)cc1O)C(c1ccc(F)cc1)c1cc(O)c(O)cc1O. The topological polar surface area (TPSA) is 138 Å². The van der Waals surface area contributed by atoms with Gasteiger partial charge in [-0.25, -0.2) is 8.78 Å². The third kappa shape index (κ3) is 4.58. The second-order valence-corrected chi connectivity index (χ2v) is 8.17. The summed E-state index contributed by atoms with van der Waals surface area (Å²) < 4.78 is 27.4. The Morgan fingerprint density at radius 3 is 1.14 bits per heavy atom. The van der Waals surface area contributed by atoms with Crippen molar-refractivity contribution in [2.45, 2.75) is 11.8 Å². The van der Waals surface area contributed by atoms with Crippen molar-refractivity contribution >= 4 is 5.78 Å². The van der Waals surface area contributed by atoms with Crippen LogP contribution in [-0.2, 0) is 4.79 Å². The van der Waals surface area contributed by atoms with Crippen molar-refractivity contribution in [1.29, 1.82) is 0 Å². The van der Waals surface area contributed by atoms with Crippen LogP contribution >= 0.6 is 0 Å². The van der Waals surface area contributed by atoms with E-state index in [0.717, 1.165) is 48.5 Å². The highest BCUT2D eigenvalue weighted by Crippen LogP contribution is 2.45. The summed E-state index contributed by atoms with van der Waals surface area (Å²) in [5, 5.41) is 60.9. The van der Waals surface area contributed by atoms with E-state index in [1.54, 1.807) is 0 Å². The van der Waals surface area contributed by atoms with Crippen molar-refractivity contribution in [1.82, 2.24) is 0 Å². The second kappa shape index (κ2) is 9.46. The van der Waals surface area contributed by atoms with Crippen molar-refractivity contribution < 1.29 is 44.2 Å². The minimum atomic E-state index is -1.39. The van der Waals surface area contributed by atoms with Crippen LogP contribution in [-0.4, -0.2) is 36.4 Å². The van der Waals surface area contributed by atoms with E-state index in [0.29, 0.717) is 0 Å². The number of carbonyl (C=O) groups excluding carboxylic acids is 1. The zero-order valence-corrected chi connectivity index (χ0v) is 18.4. The van der Waals surface area contributed by atoms with E-state index in [-0.39, 0.29) is 22.3 Å². The number of Topliss-reactive ketones (excluding diaryl/α,β-unsaturated/α-hetero) is 1. The zero-order valence-electron chi connectivity index (χ0n) is 18.4. The number of phenolic OH excluding ortho intramolecular Hbond substituents is 6. The first-order valence-electron chi connectivity index (χ1n) is 10.6. The van der Waals surface area contributed by atoms with Crippen LogP contribution in [0.25, 0.3) is 0 Å². The van der Waals surface area contributed by atoms with Crippen LogP contribution in [0.1, 0.15) is 34.1 Å². The average molecular weight is 494 g/mol. The van der Waals surface area contributed by atoms with Gasteiger partial charge in [0, 0.05) is 23.3 Å². The van der Waals surface area contributed by atoms with Gasteiger partial charge in [-0.3, -0.25) is 4.79 Å². The molecule has 36 heavy (non-hydrogen) atoms. The van der Waals surface area contributed by atoms with Crippen molar-refractivity contribution in [3.05, 3.63) is 107 Å². The Labute approximate surface area is 203 Å². The molecule has 184 valence electrons. The molecule has 0 fully saturated rings. The van der Waals surface area contributed by atoms with Gasteiger partial charge in [0.25, 0.3) is 0 Å². The second-order valence-electron chi connectivity index (χ2n) is 8.17. The molecular formula is C27H20F2O7. The highest BCUT2D eigenvalue weighted by Gasteiger charge is 2.36. The first-order valence-corrected chi connectivity index (χ1v) is 10.6. The number of benzene rings is 4. The molecule has 0 saturated carbocycles.